The van der Waals surface area contributed by atoms with Crippen molar-refractivity contribution in [3.8, 4) is 11.1 Å². The summed E-state index contributed by atoms with van der Waals surface area (Å²) in [5, 5.41) is 75.8. The summed E-state index contributed by atoms with van der Waals surface area (Å²) >= 11 is 0. The monoisotopic (exact) mass is 1640 g/mol. The molecule has 0 radical (unpaired) electrons. The summed E-state index contributed by atoms with van der Waals surface area (Å²) in [4.78, 5) is 189. The summed E-state index contributed by atoms with van der Waals surface area (Å²) in [5.74, 6) is -17.1. The van der Waals surface area contributed by atoms with Crippen molar-refractivity contribution >= 4 is 127 Å². The lowest BCUT2D eigenvalue weighted by molar-refractivity contribution is -0.144. The Morgan fingerprint density at radius 3 is 1.63 bits per heavy atom. The predicted molar refractivity (Wildman–Crippen MR) is 428 cm³/mol. The molecular formula is C81H92N14O22S. The maximum atomic E-state index is 14.5. The first-order valence-corrected chi connectivity index (χ1v) is 38.9. The maximum Gasteiger partial charge on any atom is 0.407 e. The molecule has 624 valence electrons. The molecule has 10 amide bonds. The van der Waals surface area contributed by atoms with Crippen LogP contribution < -0.4 is 63.4 Å². The molecule has 1 aliphatic rings. The van der Waals surface area contributed by atoms with Gasteiger partial charge in [0.2, 0.25) is 47.3 Å². The lowest BCUT2D eigenvalue weighted by atomic mass is 9.98. The molecule has 7 atom stereocenters. The van der Waals surface area contributed by atoms with Crippen LogP contribution in [0, 0.1) is 5.92 Å². The highest BCUT2D eigenvalue weighted by atomic mass is 32.2. The van der Waals surface area contributed by atoms with Gasteiger partial charge in [0, 0.05) is 80.2 Å². The predicted octanol–water partition coefficient (Wildman–Crippen LogP) is 5.34. The number of carbonyl (C=O) groups excluding carboxylic acids is 10. The fourth-order valence-corrected chi connectivity index (χ4v) is 13.4. The molecule has 0 spiro atoms. The van der Waals surface area contributed by atoms with Crippen molar-refractivity contribution in [2.24, 2.45) is 16.1 Å². The van der Waals surface area contributed by atoms with Gasteiger partial charge in [-0.25, -0.2) is 9.59 Å². The summed E-state index contributed by atoms with van der Waals surface area (Å²) in [6.45, 7) is 1.87. The third-order valence-electron chi connectivity index (χ3n) is 18.8. The standard InChI is InChI=1S/C81H92N14O22S/c1-46(2)71(78(109)89-64(43-70(102)103)76(107)87-61(36-38-68(98)99)75(106)88-62(80(111)112)24-12-13-39-84-73(104)48-27-29-49(30-28-48)93-94-50-31-33-51(34-32-50)95(3)4)91-79(110)72(47-16-6-5-7-17-47)92-77(108)63(42-69(100)101)86-67(97)44-85-74(105)60(90-81(113)117-45-58-54-20-10-8-18-52(54)53-19-9-11-21-55(53)58)35-37-66(96)83-41-40-82-59-25-14-23-57-56(59)22-15-26-65(57)118(114,115)116/h5-11,14-23,25-34,46,58,60-64,71-72,82H,12-13,24,35-45H2,1-4H3,(H,83,96)(H,84,104)(H,85,105)(H,86,97)(H,87,107)(H,88,106)(H,89,109)(H,90,113)(H,91,110)(H,92,108)(H,98,99)(H,100,101)(H,102,103)(H,111,112)(H,114,115,116)/t60-,61-,62-,63-,64-,71-,72-/m0/s1. The number of rotatable bonds is 44. The summed E-state index contributed by atoms with van der Waals surface area (Å²) < 4.78 is 39.6. The van der Waals surface area contributed by atoms with Crippen LogP contribution >= 0.6 is 0 Å². The number of carboxylic acids is 4. The van der Waals surface area contributed by atoms with Crippen LogP contribution in [0.3, 0.4) is 0 Å². The topological polar surface area (TPSA) is 544 Å². The van der Waals surface area contributed by atoms with Crippen LogP contribution in [0.15, 0.2) is 179 Å². The van der Waals surface area contributed by atoms with E-state index in [0.29, 0.717) is 28.0 Å². The quantitative estimate of drug-likeness (QED) is 0.0130. The second-order valence-electron chi connectivity index (χ2n) is 27.9. The lowest BCUT2D eigenvalue weighted by Crippen LogP contribution is -2.59. The minimum Gasteiger partial charge on any atom is -0.481 e. The summed E-state index contributed by atoms with van der Waals surface area (Å²) in [7, 11) is -0.751. The molecule has 8 rings (SSSR count). The zero-order chi connectivity index (χ0) is 85.8. The van der Waals surface area contributed by atoms with Crippen LogP contribution in [-0.2, 0) is 72.4 Å². The van der Waals surface area contributed by atoms with Gasteiger partial charge in [0.15, 0.2) is 0 Å². The number of aliphatic carboxylic acids is 4. The first-order valence-electron chi connectivity index (χ1n) is 37.5. The van der Waals surface area contributed by atoms with Crippen molar-refractivity contribution in [2.45, 2.75) is 125 Å². The number of ether oxygens (including phenoxy) is 1. The van der Waals surface area contributed by atoms with Crippen molar-refractivity contribution < 1.29 is 105 Å². The minimum atomic E-state index is -4.57. The zero-order valence-electron chi connectivity index (χ0n) is 64.6. The minimum absolute atomic E-state index is 0.00530. The number of benzene rings is 7. The summed E-state index contributed by atoms with van der Waals surface area (Å²) in [6.07, 6.45) is -5.51. The largest absolute Gasteiger partial charge is 0.481 e. The summed E-state index contributed by atoms with van der Waals surface area (Å²) in [5.41, 5.74) is 6.48. The molecule has 0 aliphatic heterocycles. The molecule has 0 heterocycles. The molecule has 16 N–H and O–H groups in total. The second kappa shape index (κ2) is 43.1. The van der Waals surface area contributed by atoms with Gasteiger partial charge in [0.25, 0.3) is 16.0 Å². The van der Waals surface area contributed by atoms with Crippen molar-refractivity contribution in [1.82, 2.24) is 53.2 Å². The fraction of sp³-hybridized carbons (Fsp3) is 0.333. The van der Waals surface area contributed by atoms with Crippen molar-refractivity contribution in [2.75, 3.05) is 57.1 Å². The van der Waals surface area contributed by atoms with E-state index >= 15 is 0 Å². The highest BCUT2D eigenvalue weighted by molar-refractivity contribution is 7.86. The van der Waals surface area contributed by atoms with Crippen molar-refractivity contribution in [3.05, 3.63) is 186 Å². The highest BCUT2D eigenvalue weighted by Gasteiger charge is 2.38. The van der Waals surface area contributed by atoms with Gasteiger partial charge in [-0.2, -0.15) is 18.6 Å². The number of carbonyl (C=O) groups is 14. The summed E-state index contributed by atoms with van der Waals surface area (Å²) in [6, 6.07) is 32.3. The molecule has 36 nitrogen and oxygen atoms in total. The van der Waals surface area contributed by atoms with E-state index in [1.807, 2.05) is 79.7 Å². The number of nitrogens with one attached hydrogen (secondary N) is 11. The molecule has 118 heavy (non-hydrogen) atoms. The van der Waals surface area contributed by atoms with E-state index in [-0.39, 0.29) is 61.3 Å². The number of amides is 10. The molecule has 0 unspecified atom stereocenters. The number of unbranched alkanes of at least 4 members (excludes halogenated alkanes) is 1. The molecule has 0 aromatic heterocycles. The molecule has 7 aromatic carbocycles. The normalized spacial score (nSPS) is 13.4. The van der Waals surface area contributed by atoms with Crippen LogP contribution in [0.1, 0.15) is 111 Å². The Labute approximate surface area is 677 Å². The number of azo groups is 1. The van der Waals surface area contributed by atoms with Crippen LogP contribution in [0.4, 0.5) is 27.5 Å². The van der Waals surface area contributed by atoms with Crippen molar-refractivity contribution in [3.63, 3.8) is 0 Å². The Kier molecular flexibility index (Phi) is 32.8. The molecule has 0 fully saturated rings. The molecule has 1 aliphatic carbocycles. The van der Waals surface area contributed by atoms with Crippen LogP contribution in [0.25, 0.3) is 21.9 Å². The maximum absolute atomic E-state index is 14.5. The third-order valence-corrected chi connectivity index (χ3v) is 19.7. The van der Waals surface area contributed by atoms with Crippen LogP contribution in [0.2, 0.25) is 0 Å². The molecule has 0 bridgehead atoms. The van der Waals surface area contributed by atoms with Gasteiger partial charge in [-0.05, 0) is 127 Å². The Hall–Kier alpha value is -13.7. The van der Waals surface area contributed by atoms with E-state index in [9.17, 15) is 101 Å². The van der Waals surface area contributed by atoms with E-state index < -0.39 is 192 Å². The first kappa shape index (κ1) is 89.8. The van der Waals surface area contributed by atoms with Crippen molar-refractivity contribution in [1.29, 1.82) is 0 Å². The number of anilines is 2. The number of alkyl carbamates (subject to hydrolysis) is 1. The number of carboxylic acid groups (broad SMARTS) is 4. The van der Waals surface area contributed by atoms with E-state index in [2.05, 4.69) is 68.7 Å². The average Bonchev–Trinajstić information content (AvgIpc) is 1.58. The number of fused-ring (bicyclic) bond motifs is 4. The van der Waals surface area contributed by atoms with Gasteiger partial charge >= 0.3 is 30.0 Å². The fourth-order valence-electron chi connectivity index (χ4n) is 12.7. The Bertz CT molecular complexity index is 4930. The second-order valence-corrected chi connectivity index (χ2v) is 29.3. The van der Waals surface area contributed by atoms with Gasteiger partial charge in [-0.15, -0.1) is 0 Å². The van der Waals surface area contributed by atoms with E-state index in [0.717, 1.165) is 27.9 Å². The van der Waals surface area contributed by atoms with Gasteiger partial charge in [0.05, 0.1) is 30.8 Å². The number of nitrogens with zero attached hydrogens (tertiary/aromatic N) is 3. The highest BCUT2D eigenvalue weighted by Crippen LogP contribution is 2.44. The van der Waals surface area contributed by atoms with Crippen LogP contribution in [0.5, 0.6) is 0 Å². The SMILES string of the molecule is CC(C)[C@H](NC(=O)[C@@H](NC(=O)[C@H](CC(=O)O)NC(=O)CNC(=O)[C@H](CCC(=O)NCCNc1cccc2c(S(=O)(=O)O)cccc12)NC(=O)OCC1c2ccccc2-c2ccccc21)c1ccccc1)C(=O)N[C@@H](CC(=O)O)C(=O)N[C@@H](CCC(=O)O)C(=O)N[C@@H](CCCCNC(=O)c1ccc(N=Nc2ccc(N(C)C)cc2)cc1)C(=O)O. The zero-order valence-corrected chi connectivity index (χ0v) is 65.4. The Morgan fingerprint density at radius 2 is 1.03 bits per heavy atom. The van der Waals surface area contributed by atoms with Gasteiger partial charge in [-0.3, -0.25) is 62.1 Å². The molecule has 7 aromatic rings. The first-order chi connectivity index (χ1) is 56.2. The number of hydrogen-bond acceptors (Lipinski definition) is 21. The molecular weight excluding hydrogens is 1550 g/mol. The van der Waals surface area contributed by atoms with Gasteiger partial charge < -0.3 is 88.5 Å². The smallest absolute Gasteiger partial charge is 0.407 e. The van der Waals surface area contributed by atoms with Gasteiger partial charge in [0.1, 0.15) is 53.8 Å². The third kappa shape index (κ3) is 26.7. The molecule has 0 saturated heterocycles. The Balaban J connectivity index is 0.871. The Morgan fingerprint density at radius 1 is 0.475 bits per heavy atom. The van der Waals surface area contributed by atoms with Gasteiger partial charge in [-0.1, -0.05) is 117 Å². The average molecular weight is 1650 g/mol. The molecule has 37 heteroatoms. The number of hydrogen-bond donors (Lipinski definition) is 16. The van der Waals surface area contributed by atoms with E-state index in [4.69, 9.17) is 4.74 Å². The van der Waals surface area contributed by atoms with E-state index in [1.165, 1.54) is 62.4 Å². The molecule has 0 saturated carbocycles. The lowest BCUT2D eigenvalue weighted by Gasteiger charge is -2.28. The van der Waals surface area contributed by atoms with Crippen LogP contribution in [-0.4, -0.2) is 200 Å². The van der Waals surface area contributed by atoms with E-state index in [1.54, 1.807) is 54.6 Å².